The molecule has 1 aliphatic carbocycles. The minimum Gasteiger partial charge on any atom is -0.382 e. The molecule has 1 atom stereocenters. The fourth-order valence-corrected chi connectivity index (χ4v) is 1.56. The van der Waals surface area contributed by atoms with Gasteiger partial charge in [0.15, 0.2) is 0 Å². The van der Waals surface area contributed by atoms with Crippen molar-refractivity contribution in [1.29, 1.82) is 0 Å². The third kappa shape index (κ3) is 2.20. The molecule has 1 aliphatic rings. The molecule has 0 saturated heterocycles. The highest BCUT2D eigenvalue weighted by atomic mass is 19.1. The first-order valence-corrected chi connectivity index (χ1v) is 4.78. The number of nitrogens with one attached hydrogen (secondary N) is 1. The maximum absolute atomic E-state index is 12.8. The topological polar surface area (TPSA) is 12.0 Å². The quantitative estimate of drug-likeness (QED) is 0.752. The van der Waals surface area contributed by atoms with Crippen LogP contribution in [0, 0.1) is 11.7 Å². The van der Waals surface area contributed by atoms with Gasteiger partial charge in [0.25, 0.3) is 0 Å². The van der Waals surface area contributed by atoms with Crippen molar-refractivity contribution in [3.8, 4) is 0 Å². The van der Waals surface area contributed by atoms with Gasteiger partial charge in [-0.25, -0.2) is 4.39 Å². The molecule has 0 aliphatic heterocycles. The predicted molar refractivity (Wildman–Crippen MR) is 52.2 cm³/mol. The molecule has 0 heterocycles. The molecule has 1 fully saturated rings. The van der Waals surface area contributed by atoms with Crippen LogP contribution in [-0.2, 0) is 0 Å². The van der Waals surface area contributed by atoms with Crippen LogP contribution in [0.2, 0.25) is 0 Å². The largest absolute Gasteiger partial charge is 0.382 e. The normalized spacial score (nSPS) is 18.3. The molecule has 1 N–H and O–H groups in total. The van der Waals surface area contributed by atoms with E-state index < -0.39 is 0 Å². The van der Waals surface area contributed by atoms with E-state index in [2.05, 4.69) is 12.2 Å². The van der Waals surface area contributed by atoms with Crippen LogP contribution >= 0.6 is 0 Å². The van der Waals surface area contributed by atoms with E-state index in [4.69, 9.17) is 0 Å². The van der Waals surface area contributed by atoms with Crippen LogP contribution in [0.4, 0.5) is 10.1 Å². The Morgan fingerprint density at radius 1 is 1.46 bits per heavy atom. The summed E-state index contributed by atoms with van der Waals surface area (Å²) in [7, 11) is 0. The van der Waals surface area contributed by atoms with E-state index in [1.54, 1.807) is 12.1 Å². The average molecular weight is 179 g/mol. The first-order valence-electron chi connectivity index (χ1n) is 4.78. The van der Waals surface area contributed by atoms with Crippen molar-refractivity contribution in [2.75, 3.05) is 5.32 Å². The Morgan fingerprint density at radius 2 is 2.23 bits per heavy atom. The maximum atomic E-state index is 12.8. The fourth-order valence-electron chi connectivity index (χ4n) is 1.56. The van der Waals surface area contributed by atoms with Gasteiger partial charge in [-0.15, -0.1) is 0 Å². The number of anilines is 1. The lowest BCUT2D eigenvalue weighted by molar-refractivity contribution is 0.626. The lowest BCUT2D eigenvalue weighted by atomic mass is 10.2. The number of hydrogen-bond donors (Lipinski definition) is 1. The molecule has 0 unspecified atom stereocenters. The zero-order valence-electron chi connectivity index (χ0n) is 7.76. The number of benzene rings is 1. The molecule has 2 rings (SSSR count). The molecule has 13 heavy (non-hydrogen) atoms. The molecule has 1 nitrogen and oxygen atoms in total. The van der Waals surface area contributed by atoms with Gasteiger partial charge in [-0.3, -0.25) is 0 Å². The molecule has 0 spiro atoms. The van der Waals surface area contributed by atoms with Crippen molar-refractivity contribution >= 4 is 5.69 Å². The zero-order valence-corrected chi connectivity index (χ0v) is 7.76. The van der Waals surface area contributed by atoms with Crippen molar-refractivity contribution in [2.24, 2.45) is 5.92 Å². The SMILES string of the molecule is C[C@@H](Nc1cccc(F)c1)C1CC1. The fraction of sp³-hybridized carbons (Fsp3) is 0.455. The number of hydrogen-bond acceptors (Lipinski definition) is 1. The second-order valence-corrected chi connectivity index (χ2v) is 3.78. The third-order valence-corrected chi connectivity index (χ3v) is 2.55. The summed E-state index contributed by atoms with van der Waals surface area (Å²) in [6.45, 7) is 2.16. The molecule has 70 valence electrons. The average Bonchev–Trinajstić information content (AvgIpc) is 2.85. The monoisotopic (exact) mass is 179 g/mol. The van der Waals surface area contributed by atoms with Crippen LogP contribution in [0.3, 0.4) is 0 Å². The molecule has 1 aromatic carbocycles. The molecular formula is C11H14FN. The Hall–Kier alpha value is -1.05. The molecule has 0 bridgehead atoms. The molecule has 1 aromatic rings. The lowest BCUT2D eigenvalue weighted by Crippen LogP contribution is -2.17. The zero-order chi connectivity index (χ0) is 9.26. The van der Waals surface area contributed by atoms with Crippen LogP contribution in [0.5, 0.6) is 0 Å². The minimum atomic E-state index is -0.173. The first kappa shape index (κ1) is 8.54. The summed E-state index contributed by atoms with van der Waals surface area (Å²) in [5.74, 6) is 0.622. The third-order valence-electron chi connectivity index (χ3n) is 2.55. The van der Waals surface area contributed by atoms with Gasteiger partial charge < -0.3 is 5.32 Å². The van der Waals surface area contributed by atoms with Gasteiger partial charge in [0.05, 0.1) is 0 Å². The van der Waals surface area contributed by atoms with Crippen LogP contribution < -0.4 is 5.32 Å². The molecular weight excluding hydrogens is 165 g/mol. The van der Waals surface area contributed by atoms with Crippen molar-refractivity contribution in [3.05, 3.63) is 30.1 Å². The van der Waals surface area contributed by atoms with Crippen LogP contribution in [0.15, 0.2) is 24.3 Å². The van der Waals surface area contributed by atoms with E-state index in [-0.39, 0.29) is 5.82 Å². The first-order chi connectivity index (χ1) is 6.25. The van der Waals surface area contributed by atoms with Crippen molar-refractivity contribution in [1.82, 2.24) is 0 Å². The van der Waals surface area contributed by atoms with E-state index >= 15 is 0 Å². The summed E-state index contributed by atoms with van der Waals surface area (Å²) in [4.78, 5) is 0. The Morgan fingerprint density at radius 3 is 2.85 bits per heavy atom. The second kappa shape index (κ2) is 3.36. The molecule has 0 aromatic heterocycles. The van der Waals surface area contributed by atoms with Crippen molar-refractivity contribution < 1.29 is 4.39 Å². The van der Waals surface area contributed by atoms with Gasteiger partial charge >= 0.3 is 0 Å². The summed E-state index contributed by atoms with van der Waals surface area (Å²) in [5, 5.41) is 3.30. The molecule has 2 heteroatoms. The smallest absolute Gasteiger partial charge is 0.125 e. The van der Waals surface area contributed by atoms with Gasteiger partial charge in [-0.1, -0.05) is 6.07 Å². The van der Waals surface area contributed by atoms with Gasteiger partial charge in [0, 0.05) is 11.7 Å². The summed E-state index contributed by atoms with van der Waals surface area (Å²) in [6, 6.07) is 7.12. The van der Waals surface area contributed by atoms with E-state index in [9.17, 15) is 4.39 Å². The summed E-state index contributed by atoms with van der Waals surface area (Å²) in [5.41, 5.74) is 0.888. The van der Waals surface area contributed by atoms with Crippen molar-refractivity contribution in [2.45, 2.75) is 25.8 Å². The van der Waals surface area contributed by atoms with Crippen LogP contribution in [-0.4, -0.2) is 6.04 Å². The lowest BCUT2D eigenvalue weighted by Gasteiger charge is -2.13. The number of halogens is 1. The predicted octanol–water partition coefficient (Wildman–Crippen LogP) is 3.04. The summed E-state index contributed by atoms with van der Waals surface area (Å²) in [6.07, 6.45) is 2.62. The van der Waals surface area contributed by atoms with Gasteiger partial charge in [0.2, 0.25) is 0 Å². The van der Waals surface area contributed by atoms with Gasteiger partial charge in [-0.05, 0) is 43.9 Å². The van der Waals surface area contributed by atoms with E-state index in [1.165, 1.54) is 18.9 Å². The molecule has 0 amide bonds. The number of rotatable bonds is 3. The minimum absolute atomic E-state index is 0.173. The standard InChI is InChI=1S/C11H14FN/c1-8(9-5-6-9)13-11-4-2-3-10(12)7-11/h2-4,7-9,13H,5-6H2,1H3/t8-/m1/s1. The summed E-state index contributed by atoms with van der Waals surface area (Å²) < 4.78 is 12.8. The highest BCUT2D eigenvalue weighted by Gasteiger charge is 2.27. The van der Waals surface area contributed by atoms with Gasteiger partial charge in [-0.2, -0.15) is 0 Å². The molecule has 1 saturated carbocycles. The highest BCUT2D eigenvalue weighted by Crippen LogP contribution is 2.33. The molecule has 0 radical (unpaired) electrons. The maximum Gasteiger partial charge on any atom is 0.125 e. The highest BCUT2D eigenvalue weighted by molar-refractivity contribution is 5.44. The Kier molecular flexibility index (Phi) is 2.21. The Balaban J connectivity index is 2.00. The Labute approximate surface area is 78.0 Å². The van der Waals surface area contributed by atoms with Crippen LogP contribution in [0.1, 0.15) is 19.8 Å². The summed E-state index contributed by atoms with van der Waals surface area (Å²) >= 11 is 0. The van der Waals surface area contributed by atoms with Crippen molar-refractivity contribution in [3.63, 3.8) is 0 Å². The Bertz CT molecular complexity index is 294. The second-order valence-electron chi connectivity index (χ2n) is 3.78. The van der Waals surface area contributed by atoms with E-state index in [1.807, 2.05) is 6.07 Å². The van der Waals surface area contributed by atoms with E-state index in [0.717, 1.165) is 11.6 Å². The van der Waals surface area contributed by atoms with E-state index in [0.29, 0.717) is 6.04 Å². The van der Waals surface area contributed by atoms with Crippen LogP contribution in [0.25, 0.3) is 0 Å². The van der Waals surface area contributed by atoms with Gasteiger partial charge in [0.1, 0.15) is 5.82 Å².